The Balaban J connectivity index is 1.36. The highest BCUT2D eigenvalue weighted by molar-refractivity contribution is 7.89. The van der Waals surface area contributed by atoms with Crippen molar-refractivity contribution in [3.8, 4) is 0 Å². The average Bonchev–Trinajstić information content (AvgIpc) is 2.77. The number of anilines is 1. The van der Waals surface area contributed by atoms with Gasteiger partial charge in [-0.05, 0) is 68.8 Å². The SMILES string of the molecule is Cc1c(Cl)c(CN2CCC(C(=O)Nc3ccc(S(N)(=O)=O)cc3)CC2)nc2ccccc12. The van der Waals surface area contributed by atoms with Crippen LogP contribution in [0, 0.1) is 12.8 Å². The van der Waals surface area contributed by atoms with Gasteiger partial charge >= 0.3 is 0 Å². The molecule has 1 aliphatic heterocycles. The number of aromatic nitrogens is 1. The van der Waals surface area contributed by atoms with Gasteiger partial charge in [0.15, 0.2) is 0 Å². The van der Waals surface area contributed by atoms with Gasteiger partial charge in [-0.25, -0.2) is 18.5 Å². The van der Waals surface area contributed by atoms with Crippen LogP contribution in [-0.4, -0.2) is 37.3 Å². The normalized spacial score (nSPS) is 15.7. The van der Waals surface area contributed by atoms with E-state index in [2.05, 4.69) is 10.2 Å². The zero-order chi connectivity index (χ0) is 22.9. The number of amides is 1. The number of nitrogens with zero attached hydrogens (tertiary/aromatic N) is 2. The number of nitrogens with two attached hydrogens (primary N) is 1. The number of halogens is 1. The van der Waals surface area contributed by atoms with Crippen molar-refractivity contribution in [3.63, 3.8) is 0 Å². The molecule has 3 N–H and O–H groups in total. The third-order valence-electron chi connectivity index (χ3n) is 5.93. The molecule has 0 bridgehead atoms. The Hall–Kier alpha value is -2.52. The number of hydrogen-bond acceptors (Lipinski definition) is 5. The van der Waals surface area contributed by atoms with E-state index >= 15 is 0 Å². The maximum absolute atomic E-state index is 12.7. The minimum absolute atomic E-state index is 0.0139. The Morgan fingerprint density at radius 3 is 2.47 bits per heavy atom. The highest BCUT2D eigenvalue weighted by Crippen LogP contribution is 2.29. The minimum Gasteiger partial charge on any atom is -0.326 e. The van der Waals surface area contributed by atoms with E-state index in [1.165, 1.54) is 12.1 Å². The summed E-state index contributed by atoms with van der Waals surface area (Å²) < 4.78 is 22.7. The lowest BCUT2D eigenvalue weighted by Gasteiger charge is -2.31. The Labute approximate surface area is 192 Å². The van der Waals surface area contributed by atoms with E-state index in [9.17, 15) is 13.2 Å². The molecule has 0 saturated carbocycles. The molecule has 2 aromatic carbocycles. The number of carbonyl (C=O) groups is 1. The fraction of sp³-hybridized carbons (Fsp3) is 0.304. The number of pyridine rings is 1. The molecule has 32 heavy (non-hydrogen) atoms. The van der Waals surface area contributed by atoms with Crippen molar-refractivity contribution in [1.82, 2.24) is 9.88 Å². The van der Waals surface area contributed by atoms with Crippen LogP contribution in [0.15, 0.2) is 53.4 Å². The molecule has 0 aliphatic carbocycles. The molecule has 7 nitrogen and oxygen atoms in total. The highest BCUT2D eigenvalue weighted by atomic mass is 35.5. The lowest BCUT2D eigenvalue weighted by atomic mass is 9.95. The summed E-state index contributed by atoms with van der Waals surface area (Å²) in [6, 6.07) is 13.8. The number of para-hydroxylation sites is 1. The van der Waals surface area contributed by atoms with Gasteiger partial charge in [0.25, 0.3) is 0 Å². The number of piperidine rings is 1. The zero-order valence-corrected chi connectivity index (χ0v) is 19.3. The van der Waals surface area contributed by atoms with Gasteiger partial charge in [-0.2, -0.15) is 0 Å². The summed E-state index contributed by atoms with van der Waals surface area (Å²) >= 11 is 6.60. The molecule has 1 aliphatic rings. The number of sulfonamides is 1. The first-order valence-electron chi connectivity index (χ1n) is 10.4. The molecule has 1 aromatic heterocycles. The second-order valence-corrected chi connectivity index (χ2v) is 10.1. The number of primary sulfonamides is 1. The third kappa shape index (κ3) is 4.94. The van der Waals surface area contributed by atoms with Gasteiger partial charge in [0, 0.05) is 23.5 Å². The Morgan fingerprint density at radius 1 is 1.16 bits per heavy atom. The van der Waals surface area contributed by atoms with Gasteiger partial charge in [0.05, 0.1) is 21.1 Å². The van der Waals surface area contributed by atoms with Crippen LogP contribution in [0.3, 0.4) is 0 Å². The summed E-state index contributed by atoms with van der Waals surface area (Å²) in [6.07, 6.45) is 1.45. The van der Waals surface area contributed by atoms with E-state index in [1.54, 1.807) is 12.1 Å². The average molecular weight is 473 g/mol. The first-order valence-corrected chi connectivity index (χ1v) is 12.3. The monoisotopic (exact) mass is 472 g/mol. The van der Waals surface area contributed by atoms with Crippen molar-refractivity contribution in [1.29, 1.82) is 0 Å². The fourth-order valence-electron chi connectivity index (χ4n) is 4.06. The van der Waals surface area contributed by atoms with Gasteiger partial charge < -0.3 is 5.32 Å². The molecule has 3 aromatic rings. The highest BCUT2D eigenvalue weighted by Gasteiger charge is 2.26. The summed E-state index contributed by atoms with van der Waals surface area (Å²) in [4.78, 5) is 19.7. The van der Waals surface area contributed by atoms with Crippen LogP contribution in [0.5, 0.6) is 0 Å². The summed E-state index contributed by atoms with van der Waals surface area (Å²) in [7, 11) is -3.75. The quantitative estimate of drug-likeness (QED) is 0.589. The fourth-order valence-corrected chi connectivity index (χ4v) is 4.78. The van der Waals surface area contributed by atoms with Gasteiger partial charge in [-0.3, -0.25) is 9.69 Å². The number of aryl methyl sites for hydroxylation is 1. The molecule has 0 atom stereocenters. The molecule has 0 spiro atoms. The van der Waals surface area contributed by atoms with E-state index in [1.807, 2.05) is 31.2 Å². The van der Waals surface area contributed by atoms with E-state index < -0.39 is 10.0 Å². The van der Waals surface area contributed by atoms with E-state index in [0.29, 0.717) is 17.3 Å². The largest absolute Gasteiger partial charge is 0.326 e. The molecule has 0 unspecified atom stereocenters. The molecule has 1 amide bonds. The summed E-state index contributed by atoms with van der Waals surface area (Å²) in [5.74, 6) is -0.170. The maximum atomic E-state index is 12.7. The maximum Gasteiger partial charge on any atom is 0.238 e. The van der Waals surface area contributed by atoms with Crippen LogP contribution in [0.4, 0.5) is 5.69 Å². The molecule has 0 radical (unpaired) electrons. The summed E-state index contributed by atoms with van der Waals surface area (Å²) in [5.41, 5.74) is 3.38. The van der Waals surface area contributed by atoms with E-state index in [4.69, 9.17) is 21.7 Å². The van der Waals surface area contributed by atoms with Crippen molar-refractivity contribution >= 4 is 44.1 Å². The molecule has 4 rings (SSSR count). The van der Waals surface area contributed by atoms with Crippen LogP contribution < -0.4 is 10.5 Å². The van der Waals surface area contributed by atoms with E-state index in [-0.39, 0.29) is 16.7 Å². The first kappa shape index (κ1) is 22.7. The van der Waals surface area contributed by atoms with Crippen molar-refractivity contribution < 1.29 is 13.2 Å². The standard InChI is InChI=1S/C23H25ClN4O3S/c1-15-19-4-2-3-5-20(19)27-21(22(15)24)14-28-12-10-16(11-13-28)23(29)26-17-6-8-18(9-7-17)32(25,30)31/h2-9,16H,10-14H2,1H3,(H,26,29)(H2,25,30,31). The van der Waals surface area contributed by atoms with Crippen LogP contribution in [0.2, 0.25) is 5.02 Å². The van der Waals surface area contributed by atoms with Crippen molar-refractivity contribution in [2.75, 3.05) is 18.4 Å². The minimum atomic E-state index is -3.75. The number of fused-ring (bicyclic) bond motifs is 1. The van der Waals surface area contributed by atoms with Crippen LogP contribution >= 0.6 is 11.6 Å². The summed E-state index contributed by atoms with van der Waals surface area (Å²) in [5, 5.41) is 9.73. The number of hydrogen-bond donors (Lipinski definition) is 2. The lowest BCUT2D eigenvalue weighted by Crippen LogP contribution is -2.38. The molecule has 168 valence electrons. The predicted molar refractivity (Wildman–Crippen MR) is 126 cm³/mol. The van der Waals surface area contributed by atoms with Crippen LogP contribution in [0.1, 0.15) is 24.1 Å². The predicted octanol–water partition coefficient (Wildman–Crippen LogP) is 3.69. The van der Waals surface area contributed by atoms with Gasteiger partial charge in [0.1, 0.15) is 0 Å². The first-order chi connectivity index (χ1) is 15.2. The second-order valence-electron chi connectivity index (χ2n) is 8.12. The summed E-state index contributed by atoms with van der Waals surface area (Å²) in [6.45, 7) is 4.20. The second kappa shape index (κ2) is 9.15. The number of likely N-dealkylation sites (tertiary alicyclic amines) is 1. The van der Waals surface area contributed by atoms with Gasteiger partial charge in [-0.15, -0.1) is 0 Å². The number of nitrogens with one attached hydrogen (secondary N) is 1. The smallest absolute Gasteiger partial charge is 0.238 e. The number of rotatable bonds is 5. The molecule has 2 heterocycles. The molecular weight excluding hydrogens is 448 g/mol. The third-order valence-corrected chi connectivity index (χ3v) is 7.36. The Kier molecular flexibility index (Phi) is 6.48. The van der Waals surface area contributed by atoms with Crippen molar-refractivity contribution in [3.05, 3.63) is 64.8 Å². The molecule has 1 saturated heterocycles. The Morgan fingerprint density at radius 2 is 1.81 bits per heavy atom. The van der Waals surface area contributed by atoms with Crippen LogP contribution in [0.25, 0.3) is 10.9 Å². The van der Waals surface area contributed by atoms with Crippen molar-refractivity contribution in [2.24, 2.45) is 11.1 Å². The van der Waals surface area contributed by atoms with Gasteiger partial charge in [0.2, 0.25) is 15.9 Å². The van der Waals surface area contributed by atoms with Crippen LogP contribution in [-0.2, 0) is 21.4 Å². The number of carbonyl (C=O) groups excluding carboxylic acids is 1. The van der Waals surface area contributed by atoms with E-state index in [0.717, 1.165) is 48.1 Å². The Bertz CT molecular complexity index is 1250. The molecular formula is C23H25ClN4O3S. The van der Waals surface area contributed by atoms with Gasteiger partial charge in [-0.1, -0.05) is 29.8 Å². The topological polar surface area (TPSA) is 105 Å². The molecule has 1 fully saturated rings. The number of benzene rings is 2. The zero-order valence-electron chi connectivity index (χ0n) is 17.7. The lowest BCUT2D eigenvalue weighted by molar-refractivity contribution is -0.121. The van der Waals surface area contributed by atoms with Crippen molar-refractivity contribution in [2.45, 2.75) is 31.2 Å². The molecule has 9 heteroatoms.